The highest BCUT2D eigenvalue weighted by molar-refractivity contribution is 5.98. The van der Waals surface area contributed by atoms with E-state index in [0.29, 0.717) is 11.3 Å². The Morgan fingerprint density at radius 3 is 2.81 bits per heavy atom. The zero-order chi connectivity index (χ0) is 15.4. The van der Waals surface area contributed by atoms with E-state index >= 15 is 0 Å². The van der Waals surface area contributed by atoms with Gasteiger partial charge < -0.3 is 14.8 Å². The zero-order valence-corrected chi connectivity index (χ0v) is 11.3. The fraction of sp³-hybridized carbons (Fsp3) is 0.214. The Morgan fingerprint density at radius 1 is 1.43 bits per heavy atom. The number of para-hydroxylation sites is 1. The van der Waals surface area contributed by atoms with E-state index in [1.54, 1.807) is 31.2 Å². The normalized spacial score (nSPS) is 11.9. The Labute approximate surface area is 120 Å². The first-order valence-electron chi connectivity index (χ1n) is 6.24. The number of nitro groups is 1. The predicted octanol–water partition coefficient (Wildman–Crippen LogP) is 1.96. The van der Waals surface area contributed by atoms with Crippen LogP contribution in [-0.4, -0.2) is 22.5 Å². The molecule has 0 aliphatic carbocycles. The van der Waals surface area contributed by atoms with Crippen molar-refractivity contribution in [1.82, 2.24) is 5.32 Å². The summed E-state index contributed by atoms with van der Waals surface area (Å²) in [5.41, 5.74) is 0.133. The molecule has 0 saturated heterocycles. The van der Waals surface area contributed by atoms with Gasteiger partial charge in [0.25, 0.3) is 11.6 Å². The number of carbonyl (C=O) groups is 1. The summed E-state index contributed by atoms with van der Waals surface area (Å²) in [6.07, 6.45) is 0.402. The molecule has 110 valence electrons. The van der Waals surface area contributed by atoms with Gasteiger partial charge in [0.15, 0.2) is 0 Å². The second-order valence-electron chi connectivity index (χ2n) is 4.47. The summed E-state index contributed by atoms with van der Waals surface area (Å²) in [4.78, 5) is 22.5. The smallest absolute Gasteiger partial charge is 0.285 e. The van der Waals surface area contributed by atoms with Crippen molar-refractivity contribution in [3.8, 4) is 0 Å². The maximum absolute atomic E-state index is 12.0. The van der Waals surface area contributed by atoms with E-state index in [0.717, 1.165) is 0 Å². The SMILES string of the molecule is Cc1cccc(C(=O)NCC(O)c2ccco2)c1[N+](=O)[O-]. The van der Waals surface area contributed by atoms with Crippen molar-refractivity contribution in [3.63, 3.8) is 0 Å². The van der Waals surface area contributed by atoms with Gasteiger partial charge in [-0.2, -0.15) is 0 Å². The molecule has 1 atom stereocenters. The van der Waals surface area contributed by atoms with Crippen molar-refractivity contribution in [3.05, 3.63) is 63.6 Å². The number of hydrogen-bond donors (Lipinski definition) is 2. The molecule has 1 aromatic carbocycles. The Balaban J connectivity index is 2.11. The van der Waals surface area contributed by atoms with Crippen molar-refractivity contribution < 1.29 is 19.2 Å². The van der Waals surface area contributed by atoms with E-state index < -0.39 is 16.9 Å². The van der Waals surface area contributed by atoms with Crippen LogP contribution in [0.15, 0.2) is 41.0 Å². The lowest BCUT2D eigenvalue weighted by molar-refractivity contribution is -0.385. The number of carbonyl (C=O) groups excluding carboxylic acids is 1. The monoisotopic (exact) mass is 290 g/mol. The van der Waals surface area contributed by atoms with Crippen LogP contribution in [0.5, 0.6) is 0 Å². The lowest BCUT2D eigenvalue weighted by atomic mass is 10.1. The number of aliphatic hydroxyl groups is 1. The highest BCUT2D eigenvalue weighted by Crippen LogP contribution is 2.23. The third kappa shape index (κ3) is 3.26. The number of nitrogens with zero attached hydrogens (tertiary/aromatic N) is 1. The maximum atomic E-state index is 12.0. The average Bonchev–Trinajstić information content (AvgIpc) is 2.97. The summed E-state index contributed by atoms with van der Waals surface area (Å²) in [6.45, 7) is 1.46. The number of nitro benzene ring substituents is 1. The molecule has 2 N–H and O–H groups in total. The standard InChI is InChI=1S/C14H14N2O5/c1-9-4-2-5-10(13(9)16(19)20)14(18)15-8-11(17)12-6-3-7-21-12/h2-7,11,17H,8H2,1H3,(H,15,18). The van der Waals surface area contributed by atoms with Crippen molar-refractivity contribution in [2.24, 2.45) is 0 Å². The molecule has 1 unspecified atom stereocenters. The van der Waals surface area contributed by atoms with Crippen LogP contribution in [-0.2, 0) is 0 Å². The molecule has 0 aliphatic heterocycles. The number of aryl methyl sites for hydroxylation is 1. The van der Waals surface area contributed by atoms with Crippen LogP contribution in [0.1, 0.15) is 27.8 Å². The minimum atomic E-state index is -1.01. The van der Waals surface area contributed by atoms with Gasteiger partial charge in [-0.05, 0) is 25.1 Å². The second-order valence-corrected chi connectivity index (χ2v) is 4.47. The number of nitrogens with one attached hydrogen (secondary N) is 1. The van der Waals surface area contributed by atoms with Gasteiger partial charge in [0.1, 0.15) is 17.4 Å². The summed E-state index contributed by atoms with van der Waals surface area (Å²) >= 11 is 0. The maximum Gasteiger partial charge on any atom is 0.285 e. The van der Waals surface area contributed by atoms with Crippen LogP contribution in [0.25, 0.3) is 0 Å². The first kappa shape index (κ1) is 14.7. The first-order valence-corrected chi connectivity index (χ1v) is 6.24. The molecule has 0 radical (unpaired) electrons. The average molecular weight is 290 g/mol. The topological polar surface area (TPSA) is 106 Å². The summed E-state index contributed by atoms with van der Waals surface area (Å²) in [5.74, 6) is -0.301. The van der Waals surface area contributed by atoms with Gasteiger partial charge >= 0.3 is 0 Å². The molecule has 1 heterocycles. The highest BCUT2D eigenvalue weighted by Gasteiger charge is 2.23. The Kier molecular flexibility index (Phi) is 4.34. The van der Waals surface area contributed by atoms with Gasteiger partial charge in [0.2, 0.25) is 0 Å². The molecule has 21 heavy (non-hydrogen) atoms. The fourth-order valence-electron chi connectivity index (χ4n) is 1.95. The van der Waals surface area contributed by atoms with E-state index in [4.69, 9.17) is 4.42 Å². The van der Waals surface area contributed by atoms with Crippen LogP contribution < -0.4 is 5.32 Å². The van der Waals surface area contributed by atoms with Crippen molar-refractivity contribution >= 4 is 11.6 Å². The molecule has 1 aromatic heterocycles. The summed E-state index contributed by atoms with van der Waals surface area (Å²) in [6, 6.07) is 7.70. The van der Waals surface area contributed by atoms with Crippen LogP contribution in [0, 0.1) is 17.0 Å². The second kappa shape index (κ2) is 6.19. The zero-order valence-electron chi connectivity index (χ0n) is 11.3. The molecule has 0 fully saturated rings. The van der Waals surface area contributed by atoms with Crippen molar-refractivity contribution in [2.45, 2.75) is 13.0 Å². The Hall–Kier alpha value is -2.67. The third-order valence-electron chi connectivity index (χ3n) is 2.99. The molecule has 0 bridgehead atoms. The molecule has 7 nitrogen and oxygen atoms in total. The van der Waals surface area contributed by atoms with E-state index in [1.807, 2.05) is 0 Å². The molecule has 7 heteroatoms. The highest BCUT2D eigenvalue weighted by atomic mass is 16.6. The number of aliphatic hydroxyl groups excluding tert-OH is 1. The van der Waals surface area contributed by atoms with Crippen LogP contribution in [0.4, 0.5) is 5.69 Å². The third-order valence-corrected chi connectivity index (χ3v) is 2.99. The molecule has 2 aromatic rings. The van der Waals surface area contributed by atoms with Gasteiger partial charge in [-0.3, -0.25) is 14.9 Å². The van der Waals surface area contributed by atoms with Gasteiger partial charge in [-0.25, -0.2) is 0 Å². The quantitative estimate of drug-likeness (QED) is 0.646. The van der Waals surface area contributed by atoms with E-state index in [9.17, 15) is 20.0 Å². The first-order chi connectivity index (χ1) is 10.0. The fourth-order valence-corrected chi connectivity index (χ4v) is 1.95. The number of furan rings is 1. The summed E-state index contributed by atoms with van der Waals surface area (Å²) in [7, 11) is 0. The number of amides is 1. The molecule has 1 amide bonds. The summed E-state index contributed by atoms with van der Waals surface area (Å²) in [5, 5.41) is 23.3. The van der Waals surface area contributed by atoms with E-state index in [1.165, 1.54) is 12.3 Å². The Bertz CT molecular complexity index is 651. The van der Waals surface area contributed by atoms with Crippen LogP contribution >= 0.6 is 0 Å². The van der Waals surface area contributed by atoms with Crippen LogP contribution in [0.3, 0.4) is 0 Å². The predicted molar refractivity (Wildman–Crippen MR) is 73.8 cm³/mol. The van der Waals surface area contributed by atoms with Gasteiger partial charge in [0.05, 0.1) is 17.7 Å². The molecular weight excluding hydrogens is 276 g/mol. The van der Waals surface area contributed by atoms with Gasteiger partial charge in [0, 0.05) is 5.56 Å². The number of hydrogen-bond acceptors (Lipinski definition) is 5. The molecule has 0 aliphatic rings. The largest absolute Gasteiger partial charge is 0.467 e. The lowest BCUT2D eigenvalue weighted by Crippen LogP contribution is -2.28. The molecule has 0 saturated carbocycles. The molecule has 0 spiro atoms. The van der Waals surface area contributed by atoms with Crippen molar-refractivity contribution in [1.29, 1.82) is 0 Å². The van der Waals surface area contributed by atoms with E-state index in [-0.39, 0.29) is 17.8 Å². The van der Waals surface area contributed by atoms with Crippen molar-refractivity contribution in [2.75, 3.05) is 6.54 Å². The lowest BCUT2D eigenvalue weighted by Gasteiger charge is -2.10. The summed E-state index contributed by atoms with van der Waals surface area (Å²) < 4.78 is 5.00. The Morgan fingerprint density at radius 2 is 2.19 bits per heavy atom. The minimum Gasteiger partial charge on any atom is -0.467 e. The van der Waals surface area contributed by atoms with Crippen LogP contribution in [0.2, 0.25) is 0 Å². The molecule has 2 rings (SSSR count). The number of rotatable bonds is 5. The number of benzene rings is 1. The van der Waals surface area contributed by atoms with E-state index in [2.05, 4.69) is 5.32 Å². The minimum absolute atomic E-state index is 0.0355. The van der Waals surface area contributed by atoms with Gasteiger partial charge in [-0.1, -0.05) is 12.1 Å². The molecular formula is C14H14N2O5. The van der Waals surface area contributed by atoms with Gasteiger partial charge in [-0.15, -0.1) is 0 Å².